The SMILES string of the molecule is CC1(O)CCN(CCC(c2ccccc2)c2ccccc2)C1.COC(=O)C1=C(C)NC(C)=C(C(=O)O)[C@H]1c1cccc([N+](=O)[O-])c1.COC(=O)C1=C(C)NC(C)=C(C(=O)OC2(C)CCN(CCC(c3ccccc3)c3ccccc3)C2)[C@H]1c1cccc([N+](=O)[O-])c1. The number of non-ortho nitro benzene ring substituents is 2. The fourth-order valence-corrected chi connectivity index (χ4v) is 12.8. The number of aliphatic carboxylic acids is 1. The van der Waals surface area contributed by atoms with Gasteiger partial charge in [-0.3, -0.25) is 25.1 Å². The van der Waals surface area contributed by atoms with Crippen LogP contribution in [0.25, 0.3) is 0 Å². The normalized spacial score (nSPS) is 20.0. The van der Waals surface area contributed by atoms with Gasteiger partial charge in [0.1, 0.15) is 5.60 Å². The topological polar surface area (TPSA) is 253 Å². The Morgan fingerprint density at radius 3 is 1.23 bits per heavy atom. The van der Waals surface area contributed by atoms with Crippen molar-refractivity contribution in [3.63, 3.8) is 0 Å². The summed E-state index contributed by atoms with van der Waals surface area (Å²) in [6, 6.07) is 54.0. The predicted molar refractivity (Wildman–Crippen MR) is 346 cm³/mol. The predicted octanol–water partition coefficient (Wildman–Crippen LogP) is 12.0. The van der Waals surface area contributed by atoms with Crippen molar-refractivity contribution in [1.29, 1.82) is 0 Å². The summed E-state index contributed by atoms with van der Waals surface area (Å²) >= 11 is 0. The molecule has 0 bridgehead atoms. The number of nitrogens with zero attached hydrogens (tertiary/aromatic N) is 4. The second-order valence-electron chi connectivity index (χ2n) is 24.0. The van der Waals surface area contributed by atoms with Crippen LogP contribution >= 0.6 is 0 Å². The maximum Gasteiger partial charge on any atom is 0.337 e. The third-order valence-electron chi connectivity index (χ3n) is 17.3. The van der Waals surface area contributed by atoms with Crippen molar-refractivity contribution in [1.82, 2.24) is 20.4 Å². The number of likely N-dealkylation sites (tertiary alicyclic amines) is 2. The molecule has 4 aliphatic heterocycles. The molecule has 2 fully saturated rings. The Hall–Kier alpha value is -9.56. The van der Waals surface area contributed by atoms with Crippen LogP contribution in [0.4, 0.5) is 11.4 Å². The molecule has 0 amide bonds. The molecule has 6 aromatic rings. The lowest BCUT2D eigenvalue weighted by atomic mass is 9.80. The van der Waals surface area contributed by atoms with Crippen LogP contribution in [0.1, 0.15) is 124 Å². The lowest BCUT2D eigenvalue weighted by Crippen LogP contribution is -2.39. The summed E-state index contributed by atoms with van der Waals surface area (Å²) in [5, 5.41) is 48.3. The molecule has 0 radical (unpaired) electrons. The second-order valence-corrected chi connectivity index (χ2v) is 24.0. The Kier molecular flexibility index (Phi) is 22.4. The van der Waals surface area contributed by atoms with E-state index in [1.54, 1.807) is 45.9 Å². The quantitative estimate of drug-likeness (QED) is 0.0254. The Balaban J connectivity index is 0.000000194. The fraction of sp³-hybridized carbons (Fsp3) is 0.333. The van der Waals surface area contributed by atoms with Crippen molar-refractivity contribution < 1.29 is 53.4 Å². The number of rotatable bonds is 19. The highest BCUT2D eigenvalue weighted by molar-refractivity contribution is 6.00. The number of nitro groups is 2. The number of nitro benzene ring substituents is 2. The zero-order valence-corrected chi connectivity index (χ0v) is 52.7. The third kappa shape index (κ3) is 16.8. The van der Waals surface area contributed by atoms with Gasteiger partial charge in [-0.2, -0.15) is 0 Å². The average molecular weight is 1240 g/mol. The zero-order valence-electron chi connectivity index (χ0n) is 52.7. The highest BCUT2D eigenvalue weighted by atomic mass is 16.6. The molecule has 91 heavy (non-hydrogen) atoms. The van der Waals surface area contributed by atoms with Crippen LogP contribution in [-0.4, -0.2) is 118 Å². The van der Waals surface area contributed by atoms with Gasteiger partial charge in [0.2, 0.25) is 0 Å². The summed E-state index contributed by atoms with van der Waals surface area (Å²) in [4.78, 5) is 77.2. The number of hydrogen-bond donors (Lipinski definition) is 4. The molecule has 6 aromatic carbocycles. The number of hydrogen-bond acceptors (Lipinski definition) is 16. The molecule has 2 unspecified atom stereocenters. The van der Waals surface area contributed by atoms with Crippen molar-refractivity contribution in [3.8, 4) is 0 Å². The van der Waals surface area contributed by atoms with Crippen molar-refractivity contribution in [3.05, 3.63) is 269 Å². The van der Waals surface area contributed by atoms with E-state index in [2.05, 4.69) is 130 Å². The first-order chi connectivity index (χ1) is 43.5. The van der Waals surface area contributed by atoms with E-state index in [0.717, 1.165) is 52.0 Å². The van der Waals surface area contributed by atoms with Gasteiger partial charge in [-0.1, -0.05) is 146 Å². The Bertz CT molecular complexity index is 3660. The van der Waals surface area contributed by atoms with Crippen LogP contribution in [0.15, 0.2) is 215 Å². The molecule has 0 aromatic heterocycles. The first-order valence-electron chi connectivity index (χ1n) is 30.4. The van der Waals surface area contributed by atoms with E-state index < -0.39 is 56.8 Å². The van der Waals surface area contributed by atoms with Crippen molar-refractivity contribution >= 4 is 35.3 Å². The minimum atomic E-state index is -1.22. The number of carbonyl (C=O) groups is 4. The summed E-state index contributed by atoms with van der Waals surface area (Å²) in [7, 11) is 2.46. The fourth-order valence-electron chi connectivity index (χ4n) is 12.8. The molecule has 4 heterocycles. The van der Waals surface area contributed by atoms with E-state index in [-0.39, 0.29) is 39.6 Å². The molecule has 2 saturated heterocycles. The molecular weight excluding hydrogens is 1160 g/mol. The molecule has 0 saturated carbocycles. The summed E-state index contributed by atoms with van der Waals surface area (Å²) in [6.07, 6.45) is 3.53. The van der Waals surface area contributed by atoms with Gasteiger partial charge >= 0.3 is 23.9 Å². The summed E-state index contributed by atoms with van der Waals surface area (Å²) in [5.41, 5.74) is 6.81. The number of esters is 3. The maximum atomic E-state index is 14.0. The average Bonchev–Trinajstić information content (AvgIpc) is 1.16. The van der Waals surface area contributed by atoms with Gasteiger partial charge in [0, 0.05) is 91.5 Å². The van der Waals surface area contributed by atoms with Crippen molar-refractivity contribution in [2.75, 3.05) is 53.5 Å². The molecule has 4 N–H and O–H groups in total. The lowest BCUT2D eigenvalue weighted by molar-refractivity contribution is -0.385. The van der Waals surface area contributed by atoms with Crippen LogP contribution in [0.3, 0.4) is 0 Å². The van der Waals surface area contributed by atoms with E-state index in [9.17, 15) is 49.6 Å². The molecule has 19 nitrogen and oxygen atoms in total. The monoisotopic (exact) mass is 1240 g/mol. The van der Waals surface area contributed by atoms with E-state index >= 15 is 0 Å². The van der Waals surface area contributed by atoms with Gasteiger partial charge in [-0.15, -0.1) is 0 Å². The number of methoxy groups -OCH3 is 2. The van der Waals surface area contributed by atoms with Crippen LogP contribution in [-0.2, 0) is 33.4 Å². The van der Waals surface area contributed by atoms with Gasteiger partial charge in [0.15, 0.2) is 0 Å². The maximum absolute atomic E-state index is 14.0. The lowest BCUT2D eigenvalue weighted by Gasteiger charge is -2.33. The van der Waals surface area contributed by atoms with Crippen molar-refractivity contribution in [2.24, 2.45) is 0 Å². The van der Waals surface area contributed by atoms with E-state index in [4.69, 9.17) is 14.2 Å². The van der Waals surface area contributed by atoms with E-state index in [1.807, 2.05) is 26.0 Å². The first kappa shape index (κ1) is 67.4. The highest BCUT2D eigenvalue weighted by Crippen LogP contribution is 2.43. The van der Waals surface area contributed by atoms with Crippen LogP contribution in [0, 0.1) is 20.2 Å². The third-order valence-corrected chi connectivity index (χ3v) is 17.3. The van der Waals surface area contributed by atoms with Crippen LogP contribution in [0.5, 0.6) is 0 Å². The Morgan fingerprint density at radius 1 is 0.527 bits per heavy atom. The Morgan fingerprint density at radius 2 is 0.879 bits per heavy atom. The molecule has 19 heteroatoms. The van der Waals surface area contributed by atoms with Gasteiger partial charge in [-0.05, 0) is 107 Å². The molecule has 0 spiro atoms. The number of nitrogens with one attached hydrogen (secondary N) is 2. The number of carbonyl (C=O) groups excluding carboxylic acids is 3. The van der Waals surface area contributed by atoms with Crippen LogP contribution in [0.2, 0.25) is 0 Å². The minimum absolute atomic E-state index is 0.0542. The zero-order chi connectivity index (χ0) is 65.6. The largest absolute Gasteiger partial charge is 0.478 e. The first-order valence-corrected chi connectivity index (χ1v) is 30.4. The van der Waals surface area contributed by atoms with Crippen LogP contribution < -0.4 is 10.6 Å². The number of allylic oxidation sites excluding steroid dienone is 4. The molecule has 10 rings (SSSR count). The molecule has 476 valence electrons. The number of dihydropyridines is 2. The second kappa shape index (κ2) is 30.3. The number of β-amino-alcohol motifs (C(OH)–C–C–N with tert-alkyl or cyclic N) is 1. The van der Waals surface area contributed by atoms with Gasteiger partial charge in [-0.25, -0.2) is 19.2 Å². The summed E-state index contributed by atoms with van der Waals surface area (Å²) in [6.45, 7) is 15.5. The Labute approximate surface area is 531 Å². The number of aliphatic hydroxyl groups is 1. The number of carboxylic acids is 1. The van der Waals surface area contributed by atoms with Gasteiger partial charge in [0.25, 0.3) is 11.4 Å². The molecule has 0 aliphatic carbocycles. The van der Waals surface area contributed by atoms with E-state index in [1.165, 1.54) is 66.8 Å². The van der Waals surface area contributed by atoms with Gasteiger partial charge in [0.05, 0.1) is 63.8 Å². The van der Waals surface area contributed by atoms with Gasteiger partial charge < -0.3 is 40.0 Å². The standard InChI is InChI=1S/C36H39N3O6.C20H25NO.C16H16N2O6/c1-24-31(34(40)44-4)33(28-16-11-17-29(22-28)39(42)43)32(25(2)37-24)35(41)45-36(3)19-21-38(23-36)20-18-30(26-12-7-5-8-13-26)27-14-9-6-10-15-27;1-20(22)13-15-21(16-20)14-12-19(17-8-4-2-5-9-17)18-10-6-3-7-11-18;1-8-12(15(19)20)14(13(9(2)17-8)16(21)24-3)10-5-4-6-11(7-10)18(22)23/h5-17,22,30,33,37H,18-21,23H2,1-4H3;2-11,19,22H,12-16H2,1H3;4-7,14,17H,1-3H3,(H,19,20)/t33-,36?;;14-/m0.1/s1. The highest BCUT2D eigenvalue weighted by Gasteiger charge is 2.44. The molecule has 4 aliphatic rings. The summed E-state index contributed by atoms with van der Waals surface area (Å²) < 4.78 is 16.1. The molecular formula is C72H80N6O13. The smallest absolute Gasteiger partial charge is 0.337 e. The molecule has 4 atom stereocenters. The number of benzene rings is 6. The minimum Gasteiger partial charge on any atom is -0.478 e. The van der Waals surface area contributed by atoms with Crippen molar-refractivity contribution in [2.45, 2.75) is 102 Å². The summed E-state index contributed by atoms with van der Waals surface area (Å²) in [5.74, 6) is -4.30. The van der Waals surface area contributed by atoms with E-state index in [0.29, 0.717) is 52.8 Å². The number of ether oxygens (including phenoxy) is 3. The number of carboxylic acid groups (broad SMARTS) is 1.